The van der Waals surface area contributed by atoms with Crippen molar-refractivity contribution in [3.63, 3.8) is 0 Å². The Morgan fingerprint density at radius 1 is 1.44 bits per heavy atom. The van der Waals surface area contributed by atoms with Crippen molar-refractivity contribution in [3.8, 4) is 5.75 Å². The van der Waals surface area contributed by atoms with Crippen LogP contribution in [0.5, 0.6) is 5.75 Å². The molecule has 2 rings (SSSR count). The molecule has 1 heterocycles. The summed E-state index contributed by atoms with van der Waals surface area (Å²) < 4.78 is 5.56. The van der Waals surface area contributed by atoms with Crippen LogP contribution in [0.3, 0.4) is 0 Å². The first kappa shape index (κ1) is 12.6. The van der Waals surface area contributed by atoms with Gasteiger partial charge in [0.05, 0.1) is 6.04 Å². The van der Waals surface area contributed by atoms with Gasteiger partial charge in [0.15, 0.2) is 11.9 Å². The van der Waals surface area contributed by atoms with Gasteiger partial charge in [-0.2, -0.15) is 0 Å². The average Bonchev–Trinajstić information content (AvgIpc) is 2.81. The third-order valence-corrected chi connectivity index (χ3v) is 3.13. The zero-order chi connectivity index (χ0) is 13.1. The summed E-state index contributed by atoms with van der Waals surface area (Å²) in [6.07, 6.45) is 0.469. The number of Topliss-reactive ketones (excluding diaryl/α,β-unsaturated/α-hetero) is 1. The zero-order valence-electron chi connectivity index (χ0n) is 10.6. The summed E-state index contributed by atoms with van der Waals surface area (Å²) in [6.45, 7) is 3.48. The first-order chi connectivity index (χ1) is 8.61. The molecule has 18 heavy (non-hydrogen) atoms. The van der Waals surface area contributed by atoms with E-state index in [1.807, 2.05) is 24.3 Å². The van der Waals surface area contributed by atoms with Crippen LogP contribution < -0.4 is 10.1 Å². The van der Waals surface area contributed by atoms with Crippen LogP contribution in [0.15, 0.2) is 24.3 Å². The van der Waals surface area contributed by atoms with Gasteiger partial charge in [-0.3, -0.25) is 9.59 Å². The molecule has 1 aromatic rings. The van der Waals surface area contributed by atoms with E-state index in [-0.39, 0.29) is 11.7 Å². The highest BCUT2D eigenvalue weighted by molar-refractivity contribution is 5.90. The lowest BCUT2D eigenvalue weighted by Gasteiger charge is -2.15. The molecule has 4 heteroatoms. The number of para-hydroxylation sites is 1. The predicted octanol–water partition coefficient (Wildman–Crippen LogP) is 1.47. The molecule has 0 saturated heterocycles. The van der Waals surface area contributed by atoms with Crippen LogP contribution in [0.2, 0.25) is 0 Å². The summed E-state index contributed by atoms with van der Waals surface area (Å²) in [7, 11) is 0. The van der Waals surface area contributed by atoms with Gasteiger partial charge in [-0.15, -0.1) is 0 Å². The fraction of sp³-hybridized carbons (Fsp3) is 0.429. The molecule has 1 aliphatic rings. The van der Waals surface area contributed by atoms with E-state index in [1.165, 1.54) is 0 Å². The summed E-state index contributed by atoms with van der Waals surface area (Å²) in [5.74, 6) is 0.562. The molecule has 0 aliphatic carbocycles. The molecule has 1 N–H and O–H groups in total. The second-order valence-electron chi connectivity index (χ2n) is 4.47. The molecule has 2 atom stereocenters. The molecule has 2 unspecified atom stereocenters. The molecule has 4 nitrogen and oxygen atoms in total. The summed E-state index contributed by atoms with van der Waals surface area (Å²) in [6, 6.07) is 7.15. The summed E-state index contributed by atoms with van der Waals surface area (Å²) in [5.41, 5.74) is 1.03. The first-order valence-electron chi connectivity index (χ1n) is 6.19. The number of benzene rings is 1. The lowest BCUT2D eigenvalue weighted by Crippen LogP contribution is -2.45. The number of hydrogen-bond acceptors (Lipinski definition) is 3. The fourth-order valence-corrected chi connectivity index (χ4v) is 2.02. The average molecular weight is 247 g/mol. The number of carbonyl (C=O) groups excluding carboxylic acids is 2. The van der Waals surface area contributed by atoms with Gasteiger partial charge in [0, 0.05) is 12.8 Å². The maximum Gasteiger partial charge on any atom is 0.262 e. The smallest absolute Gasteiger partial charge is 0.262 e. The topological polar surface area (TPSA) is 55.4 Å². The largest absolute Gasteiger partial charge is 0.480 e. The maximum atomic E-state index is 12.0. The molecule has 1 amide bonds. The Bertz CT molecular complexity index is 445. The van der Waals surface area contributed by atoms with E-state index >= 15 is 0 Å². The molecule has 0 bridgehead atoms. The van der Waals surface area contributed by atoms with E-state index < -0.39 is 12.1 Å². The van der Waals surface area contributed by atoms with E-state index in [2.05, 4.69) is 5.32 Å². The molecule has 0 radical (unpaired) electrons. The van der Waals surface area contributed by atoms with Crippen molar-refractivity contribution in [2.45, 2.75) is 38.8 Å². The lowest BCUT2D eigenvalue weighted by molar-refractivity contribution is -0.131. The van der Waals surface area contributed by atoms with Gasteiger partial charge in [0.1, 0.15) is 5.75 Å². The number of carbonyl (C=O) groups is 2. The van der Waals surface area contributed by atoms with Gasteiger partial charge in [-0.05, 0) is 18.6 Å². The van der Waals surface area contributed by atoms with Crippen LogP contribution in [0, 0.1) is 0 Å². The first-order valence-corrected chi connectivity index (χ1v) is 6.19. The van der Waals surface area contributed by atoms with Crippen LogP contribution in [0.1, 0.15) is 25.8 Å². The van der Waals surface area contributed by atoms with Crippen molar-refractivity contribution < 1.29 is 14.3 Å². The Balaban J connectivity index is 1.95. The van der Waals surface area contributed by atoms with E-state index in [1.54, 1.807) is 13.8 Å². The molecule has 1 aliphatic heterocycles. The predicted molar refractivity (Wildman–Crippen MR) is 67.5 cm³/mol. The monoisotopic (exact) mass is 247 g/mol. The van der Waals surface area contributed by atoms with Crippen LogP contribution >= 0.6 is 0 Å². The second kappa shape index (κ2) is 5.21. The fourth-order valence-electron chi connectivity index (χ4n) is 2.02. The van der Waals surface area contributed by atoms with Gasteiger partial charge in [0.2, 0.25) is 0 Å². The Labute approximate surface area is 106 Å². The van der Waals surface area contributed by atoms with E-state index in [4.69, 9.17) is 4.74 Å². The van der Waals surface area contributed by atoms with Crippen molar-refractivity contribution in [3.05, 3.63) is 29.8 Å². The van der Waals surface area contributed by atoms with Gasteiger partial charge < -0.3 is 10.1 Å². The van der Waals surface area contributed by atoms with Gasteiger partial charge in [0.25, 0.3) is 5.91 Å². The van der Waals surface area contributed by atoms with Crippen molar-refractivity contribution in [2.24, 2.45) is 0 Å². The highest BCUT2D eigenvalue weighted by atomic mass is 16.5. The highest BCUT2D eigenvalue weighted by Crippen LogP contribution is 2.28. The quantitative estimate of drug-likeness (QED) is 0.876. The number of rotatable bonds is 4. The van der Waals surface area contributed by atoms with Crippen LogP contribution in [-0.4, -0.2) is 23.8 Å². The number of fused-ring (bicyclic) bond motifs is 1. The van der Waals surface area contributed by atoms with Crippen molar-refractivity contribution >= 4 is 11.7 Å². The third-order valence-electron chi connectivity index (χ3n) is 3.13. The van der Waals surface area contributed by atoms with E-state index in [9.17, 15) is 9.59 Å². The standard InChI is InChI=1S/C14H17NO3/c1-3-11(16)9(2)15-14(17)13-8-10-6-4-5-7-12(10)18-13/h4-7,9,13H,3,8H2,1-2H3,(H,15,17). The normalized spacial score (nSPS) is 18.7. The molecular formula is C14H17NO3. The molecule has 0 aromatic heterocycles. The van der Waals surface area contributed by atoms with E-state index in [0.717, 1.165) is 11.3 Å². The number of hydrogen-bond donors (Lipinski definition) is 1. The molecule has 1 aromatic carbocycles. The molecule has 0 saturated carbocycles. The second-order valence-corrected chi connectivity index (χ2v) is 4.47. The Hall–Kier alpha value is -1.84. The minimum absolute atomic E-state index is 0.0267. The number of ether oxygens (including phenoxy) is 1. The van der Waals surface area contributed by atoms with Crippen molar-refractivity contribution in [1.82, 2.24) is 5.32 Å². The van der Waals surface area contributed by atoms with E-state index in [0.29, 0.717) is 12.8 Å². The Morgan fingerprint density at radius 2 is 2.17 bits per heavy atom. The summed E-state index contributed by atoms with van der Waals surface area (Å²) in [4.78, 5) is 23.4. The molecular weight excluding hydrogens is 230 g/mol. The minimum atomic E-state index is -0.519. The Morgan fingerprint density at radius 3 is 2.83 bits per heavy atom. The highest BCUT2D eigenvalue weighted by Gasteiger charge is 2.30. The van der Waals surface area contributed by atoms with Crippen LogP contribution in [0.4, 0.5) is 0 Å². The van der Waals surface area contributed by atoms with Crippen LogP contribution in [-0.2, 0) is 16.0 Å². The molecule has 0 fully saturated rings. The third kappa shape index (κ3) is 2.53. The number of ketones is 1. The lowest BCUT2D eigenvalue weighted by atomic mass is 10.1. The van der Waals surface area contributed by atoms with Crippen molar-refractivity contribution in [1.29, 1.82) is 0 Å². The SMILES string of the molecule is CCC(=O)C(C)NC(=O)C1Cc2ccccc2O1. The van der Waals surface area contributed by atoms with Crippen molar-refractivity contribution in [2.75, 3.05) is 0 Å². The number of amides is 1. The summed E-state index contributed by atoms with van der Waals surface area (Å²) in [5, 5.41) is 2.69. The summed E-state index contributed by atoms with van der Waals surface area (Å²) >= 11 is 0. The van der Waals surface area contributed by atoms with Crippen LogP contribution in [0.25, 0.3) is 0 Å². The maximum absolute atomic E-state index is 12.0. The number of nitrogens with one attached hydrogen (secondary N) is 1. The minimum Gasteiger partial charge on any atom is -0.480 e. The molecule has 96 valence electrons. The van der Waals surface area contributed by atoms with Gasteiger partial charge in [-0.1, -0.05) is 25.1 Å². The molecule has 0 spiro atoms. The Kier molecular flexibility index (Phi) is 3.65. The van der Waals surface area contributed by atoms with Gasteiger partial charge >= 0.3 is 0 Å². The van der Waals surface area contributed by atoms with Gasteiger partial charge in [-0.25, -0.2) is 0 Å². The zero-order valence-corrected chi connectivity index (χ0v) is 10.6.